The summed E-state index contributed by atoms with van der Waals surface area (Å²) in [6.07, 6.45) is 4.43. The highest BCUT2D eigenvalue weighted by Gasteiger charge is 2.14. The molecule has 1 aromatic heterocycles. The van der Waals surface area contributed by atoms with Crippen LogP contribution < -0.4 is 5.32 Å². The van der Waals surface area contributed by atoms with Crippen LogP contribution in [0.15, 0.2) is 6.20 Å². The molecule has 2 rings (SSSR count). The van der Waals surface area contributed by atoms with E-state index in [4.69, 9.17) is 11.6 Å². The Morgan fingerprint density at radius 1 is 1.44 bits per heavy atom. The number of hydrogen-bond donors (Lipinski definition) is 1. The number of halogens is 1. The van der Waals surface area contributed by atoms with Gasteiger partial charge in [-0.2, -0.15) is 0 Å². The van der Waals surface area contributed by atoms with Gasteiger partial charge in [-0.15, -0.1) is 0 Å². The number of rotatable bonds is 6. The second-order valence-electron chi connectivity index (χ2n) is 5.30. The Kier molecular flexibility index (Phi) is 5.03. The van der Waals surface area contributed by atoms with Crippen molar-refractivity contribution >= 4 is 11.6 Å². The van der Waals surface area contributed by atoms with E-state index in [1.54, 1.807) is 6.20 Å². The van der Waals surface area contributed by atoms with Gasteiger partial charge in [-0.05, 0) is 38.4 Å². The molecule has 0 amide bonds. The molecule has 1 aromatic rings. The van der Waals surface area contributed by atoms with Gasteiger partial charge in [0.05, 0.1) is 12.7 Å². The lowest BCUT2D eigenvalue weighted by Gasteiger charge is -2.20. The maximum Gasteiger partial charge on any atom is 0.128 e. The van der Waals surface area contributed by atoms with Crippen molar-refractivity contribution < 1.29 is 0 Å². The van der Waals surface area contributed by atoms with E-state index in [9.17, 15) is 0 Å². The van der Waals surface area contributed by atoms with Crippen molar-refractivity contribution in [2.24, 2.45) is 13.0 Å². The van der Waals surface area contributed by atoms with E-state index in [1.165, 1.54) is 32.5 Å². The third kappa shape index (κ3) is 3.70. The number of likely N-dealkylation sites (tertiary alicyclic amines) is 1. The van der Waals surface area contributed by atoms with E-state index in [2.05, 4.69) is 22.1 Å². The van der Waals surface area contributed by atoms with Gasteiger partial charge in [-0.25, -0.2) is 4.98 Å². The minimum Gasteiger partial charge on any atom is -0.321 e. The van der Waals surface area contributed by atoms with Gasteiger partial charge in [-0.3, -0.25) is 0 Å². The molecular weight excluding hydrogens is 248 g/mol. The third-order valence-corrected chi connectivity index (χ3v) is 3.92. The van der Waals surface area contributed by atoms with Gasteiger partial charge >= 0.3 is 0 Å². The maximum atomic E-state index is 5.95. The predicted octanol–water partition coefficient (Wildman–Crippen LogP) is 1.90. The molecule has 0 saturated carbocycles. The van der Waals surface area contributed by atoms with Crippen LogP contribution in [-0.4, -0.2) is 40.6 Å². The lowest BCUT2D eigenvalue weighted by atomic mass is 10.1. The highest BCUT2D eigenvalue weighted by atomic mass is 35.5. The molecule has 1 atom stereocenters. The van der Waals surface area contributed by atoms with Gasteiger partial charge in [0.2, 0.25) is 0 Å². The fourth-order valence-corrected chi connectivity index (χ4v) is 2.64. The lowest BCUT2D eigenvalue weighted by Crippen LogP contribution is -2.31. The maximum absolute atomic E-state index is 5.95. The normalized spacial score (nSPS) is 18.4. The van der Waals surface area contributed by atoms with Crippen LogP contribution in [0.2, 0.25) is 5.15 Å². The molecule has 1 aliphatic rings. The highest BCUT2D eigenvalue weighted by molar-refractivity contribution is 6.29. The number of imidazole rings is 1. The molecule has 4 nitrogen and oxygen atoms in total. The molecule has 1 unspecified atom stereocenters. The fraction of sp³-hybridized carbons (Fsp3) is 0.769. The number of hydrogen-bond acceptors (Lipinski definition) is 3. The molecule has 1 saturated heterocycles. The molecule has 2 heterocycles. The summed E-state index contributed by atoms with van der Waals surface area (Å²) in [5, 5.41) is 4.15. The van der Waals surface area contributed by atoms with Crippen LogP contribution in [-0.2, 0) is 13.6 Å². The topological polar surface area (TPSA) is 33.1 Å². The standard InChI is InChI=1S/C13H23ClN4/c1-11(10-18-5-3-4-6-18)7-15-9-13-16-8-12(14)17(13)2/h8,11,15H,3-7,9-10H2,1-2H3. The summed E-state index contributed by atoms with van der Waals surface area (Å²) in [5.41, 5.74) is 0. The number of aromatic nitrogens is 2. The summed E-state index contributed by atoms with van der Waals surface area (Å²) in [6.45, 7) is 7.87. The molecule has 102 valence electrons. The zero-order valence-electron chi connectivity index (χ0n) is 11.3. The summed E-state index contributed by atoms with van der Waals surface area (Å²) in [7, 11) is 1.94. The Morgan fingerprint density at radius 2 is 2.17 bits per heavy atom. The average Bonchev–Trinajstić information content (AvgIpc) is 2.94. The largest absolute Gasteiger partial charge is 0.321 e. The van der Waals surface area contributed by atoms with Crippen molar-refractivity contribution in [2.75, 3.05) is 26.2 Å². The van der Waals surface area contributed by atoms with Gasteiger partial charge in [-0.1, -0.05) is 18.5 Å². The van der Waals surface area contributed by atoms with Gasteiger partial charge < -0.3 is 14.8 Å². The van der Waals surface area contributed by atoms with Crippen LogP contribution in [0.25, 0.3) is 0 Å². The molecule has 1 N–H and O–H groups in total. The van der Waals surface area contributed by atoms with Crippen LogP contribution in [0.5, 0.6) is 0 Å². The molecule has 0 spiro atoms. The summed E-state index contributed by atoms with van der Waals surface area (Å²) < 4.78 is 1.92. The summed E-state index contributed by atoms with van der Waals surface area (Å²) in [4.78, 5) is 6.83. The summed E-state index contributed by atoms with van der Waals surface area (Å²) in [6, 6.07) is 0. The van der Waals surface area contributed by atoms with Gasteiger partial charge in [0, 0.05) is 13.6 Å². The Morgan fingerprint density at radius 3 is 2.78 bits per heavy atom. The van der Waals surface area contributed by atoms with Crippen LogP contribution >= 0.6 is 11.6 Å². The first kappa shape index (κ1) is 13.8. The lowest BCUT2D eigenvalue weighted by molar-refractivity contribution is 0.282. The van der Waals surface area contributed by atoms with Crippen LogP contribution in [0.1, 0.15) is 25.6 Å². The predicted molar refractivity (Wildman–Crippen MR) is 74.8 cm³/mol. The molecule has 0 aliphatic carbocycles. The number of nitrogens with zero attached hydrogens (tertiary/aromatic N) is 3. The van der Waals surface area contributed by atoms with E-state index in [0.717, 1.165) is 18.9 Å². The van der Waals surface area contributed by atoms with Crippen molar-refractivity contribution in [3.63, 3.8) is 0 Å². The minimum absolute atomic E-state index is 0.679. The molecular formula is C13H23ClN4. The van der Waals surface area contributed by atoms with Gasteiger partial charge in [0.1, 0.15) is 11.0 Å². The van der Waals surface area contributed by atoms with Crippen molar-refractivity contribution in [1.82, 2.24) is 19.8 Å². The molecule has 5 heteroatoms. The average molecular weight is 271 g/mol. The molecule has 0 aromatic carbocycles. The SMILES string of the molecule is CC(CNCc1ncc(Cl)n1C)CN1CCCC1. The molecule has 0 radical (unpaired) electrons. The Bertz CT molecular complexity index is 371. The van der Waals surface area contributed by atoms with Gasteiger partial charge in [0.25, 0.3) is 0 Å². The van der Waals surface area contributed by atoms with Gasteiger partial charge in [0.15, 0.2) is 0 Å². The smallest absolute Gasteiger partial charge is 0.128 e. The minimum atomic E-state index is 0.679. The van der Waals surface area contributed by atoms with E-state index >= 15 is 0 Å². The monoisotopic (exact) mass is 270 g/mol. The Hall–Kier alpha value is -0.580. The Balaban J connectivity index is 1.66. The molecule has 18 heavy (non-hydrogen) atoms. The zero-order valence-corrected chi connectivity index (χ0v) is 12.1. The first-order valence-corrected chi connectivity index (χ1v) is 7.14. The van der Waals surface area contributed by atoms with Crippen molar-refractivity contribution in [1.29, 1.82) is 0 Å². The van der Waals surface area contributed by atoms with E-state index < -0.39 is 0 Å². The second kappa shape index (κ2) is 6.55. The Labute approximate surface area is 114 Å². The third-order valence-electron chi connectivity index (χ3n) is 3.57. The van der Waals surface area contributed by atoms with Crippen molar-refractivity contribution in [3.8, 4) is 0 Å². The first-order valence-electron chi connectivity index (χ1n) is 6.76. The van der Waals surface area contributed by atoms with Crippen molar-refractivity contribution in [3.05, 3.63) is 17.2 Å². The van der Waals surface area contributed by atoms with Crippen LogP contribution in [0, 0.1) is 5.92 Å². The van der Waals surface area contributed by atoms with Crippen LogP contribution in [0.4, 0.5) is 0 Å². The fourth-order valence-electron chi connectivity index (χ4n) is 2.49. The highest BCUT2D eigenvalue weighted by Crippen LogP contribution is 2.10. The van der Waals surface area contributed by atoms with E-state index in [0.29, 0.717) is 11.1 Å². The van der Waals surface area contributed by atoms with Crippen molar-refractivity contribution in [2.45, 2.75) is 26.3 Å². The molecule has 0 bridgehead atoms. The zero-order chi connectivity index (χ0) is 13.0. The van der Waals surface area contributed by atoms with E-state index in [1.807, 2.05) is 11.6 Å². The number of nitrogens with one attached hydrogen (secondary N) is 1. The summed E-state index contributed by atoms with van der Waals surface area (Å²) >= 11 is 5.95. The quantitative estimate of drug-likeness (QED) is 0.857. The first-order chi connectivity index (χ1) is 8.66. The molecule has 1 fully saturated rings. The van der Waals surface area contributed by atoms with Crippen LogP contribution in [0.3, 0.4) is 0 Å². The molecule has 1 aliphatic heterocycles. The van der Waals surface area contributed by atoms with E-state index in [-0.39, 0.29) is 0 Å². The second-order valence-corrected chi connectivity index (χ2v) is 5.69. The summed E-state index contributed by atoms with van der Waals surface area (Å²) in [5.74, 6) is 1.67.